The van der Waals surface area contributed by atoms with Crippen molar-refractivity contribution in [3.05, 3.63) is 24.0 Å². The minimum Gasteiger partial charge on any atom is -0.330 e. The maximum atomic E-state index is 14.1. The molecule has 21 heavy (non-hydrogen) atoms. The Labute approximate surface area is 120 Å². The highest BCUT2D eigenvalue weighted by Gasteiger charge is 2.44. The van der Waals surface area contributed by atoms with Crippen LogP contribution in [0.4, 0.5) is 13.2 Å². The zero-order valence-corrected chi connectivity index (χ0v) is 11.9. The molecule has 5 nitrogen and oxygen atoms in total. The van der Waals surface area contributed by atoms with Crippen LogP contribution >= 0.6 is 0 Å². The number of nitrogens with zero attached hydrogens (tertiary/aromatic N) is 1. The largest absolute Gasteiger partial charge is 0.330 e. The highest BCUT2D eigenvalue weighted by molar-refractivity contribution is 7.89. The van der Waals surface area contributed by atoms with Crippen molar-refractivity contribution in [3.63, 3.8) is 0 Å². The van der Waals surface area contributed by atoms with Gasteiger partial charge in [0.1, 0.15) is 10.6 Å². The van der Waals surface area contributed by atoms with Crippen LogP contribution in [0.5, 0.6) is 0 Å². The van der Waals surface area contributed by atoms with Crippen LogP contribution in [0.3, 0.4) is 0 Å². The van der Waals surface area contributed by atoms with Crippen molar-refractivity contribution in [1.29, 1.82) is 0 Å². The summed E-state index contributed by atoms with van der Waals surface area (Å²) in [5.41, 5.74) is 3.27. The Morgan fingerprint density at radius 2 is 2.10 bits per heavy atom. The van der Waals surface area contributed by atoms with Crippen LogP contribution in [0.1, 0.15) is 24.8 Å². The Morgan fingerprint density at radius 1 is 1.43 bits per heavy atom. The summed E-state index contributed by atoms with van der Waals surface area (Å²) >= 11 is 0. The number of alkyl halides is 3. The first-order chi connectivity index (χ1) is 9.76. The van der Waals surface area contributed by atoms with Gasteiger partial charge in [-0.25, -0.2) is 26.3 Å². The van der Waals surface area contributed by atoms with Crippen LogP contribution in [0.15, 0.2) is 23.4 Å². The molecule has 0 aliphatic heterocycles. The molecule has 1 fully saturated rings. The predicted octanol–water partition coefficient (Wildman–Crippen LogP) is 1.37. The molecule has 1 aromatic rings. The van der Waals surface area contributed by atoms with E-state index in [0.29, 0.717) is 6.54 Å². The Balaban J connectivity index is 2.04. The number of halogens is 3. The lowest BCUT2D eigenvalue weighted by Gasteiger charge is -2.40. The van der Waals surface area contributed by atoms with Crippen molar-refractivity contribution in [2.24, 2.45) is 11.7 Å². The molecule has 0 atom stereocenters. The molecule has 0 unspecified atom stereocenters. The van der Waals surface area contributed by atoms with E-state index in [4.69, 9.17) is 5.73 Å². The van der Waals surface area contributed by atoms with Crippen molar-refractivity contribution in [1.82, 2.24) is 9.71 Å². The second-order valence-electron chi connectivity index (χ2n) is 5.24. The highest BCUT2D eigenvalue weighted by atomic mass is 32.2. The minimum atomic E-state index is -4.07. The molecule has 118 valence electrons. The van der Waals surface area contributed by atoms with E-state index in [1.54, 1.807) is 0 Å². The standard InChI is InChI=1S/C12H16F3N3O2S/c13-11(14)9-1-10(6-17-5-9)21(19,20)18-7-12(15)2-8(3-12)4-16/h1,5-6,8,11,18H,2-4,7,16H2. The molecule has 1 aliphatic rings. The fourth-order valence-electron chi connectivity index (χ4n) is 2.30. The second kappa shape index (κ2) is 5.90. The topological polar surface area (TPSA) is 85.1 Å². The normalized spacial score (nSPS) is 25.9. The van der Waals surface area contributed by atoms with Crippen molar-refractivity contribution in [3.8, 4) is 0 Å². The van der Waals surface area contributed by atoms with Crippen LogP contribution in [-0.4, -0.2) is 32.2 Å². The summed E-state index contributed by atoms with van der Waals surface area (Å²) in [4.78, 5) is 3.06. The molecule has 0 radical (unpaired) electrons. The van der Waals surface area contributed by atoms with Crippen LogP contribution in [0, 0.1) is 5.92 Å². The van der Waals surface area contributed by atoms with Crippen molar-refractivity contribution in [2.45, 2.75) is 29.8 Å². The summed E-state index contributed by atoms with van der Waals surface area (Å²) in [6, 6.07) is 0.828. The molecule has 0 amide bonds. The van der Waals surface area contributed by atoms with Gasteiger partial charge < -0.3 is 5.73 Å². The lowest BCUT2D eigenvalue weighted by Crippen LogP contribution is -2.50. The molecule has 0 spiro atoms. The van der Waals surface area contributed by atoms with E-state index >= 15 is 0 Å². The zero-order valence-electron chi connectivity index (χ0n) is 11.1. The Morgan fingerprint density at radius 3 is 2.67 bits per heavy atom. The smallest absolute Gasteiger partial charge is 0.265 e. The fourth-order valence-corrected chi connectivity index (χ4v) is 3.40. The molecule has 2 rings (SSSR count). The molecule has 1 heterocycles. The molecule has 3 N–H and O–H groups in total. The Bertz CT molecular complexity index is 604. The average Bonchev–Trinajstić information content (AvgIpc) is 2.42. The Kier molecular flexibility index (Phi) is 4.54. The monoisotopic (exact) mass is 323 g/mol. The van der Waals surface area contributed by atoms with E-state index in [2.05, 4.69) is 9.71 Å². The number of sulfonamides is 1. The summed E-state index contributed by atoms with van der Waals surface area (Å²) < 4.78 is 65.2. The number of hydrogen-bond donors (Lipinski definition) is 2. The van der Waals surface area contributed by atoms with Crippen molar-refractivity contribution >= 4 is 10.0 Å². The van der Waals surface area contributed by atoms with Gasteiger partial charge in [-0.2, -0.15) is 0 Å². The van der Waals surface area contributed by atoms with Gasteiger partial charge in [0.15, 0.2) is 0 Å². The van der Waals surface area contributed by atoms with Gasteiger partial charge in [-0.3, -0.25) is 4.98 Å². The number of pyridine rings is 1. The first kappa shape index (κ1) is 16.2. The molecule has 0 saturated heterocycles. The lowest BCUT2D eigenvalue weighted by atomic mass is 9.72. The zero-order chi connectivity index (χ0) is 15.7. The summed E-state index contributed by atoms with van der Waals surface area (Å²) in [6.45, 7) is -0.0382. The van der Waals surface area contributed by atoms with Gasteiger partial charge in [-0.1, -0.05) is 0 Å². The number of nitrogens with two attached hydrogens (primary N) is 1. The molecule has 9 heteroatoms. The van der Waals surface area contributed by atoms with Crippen LogP contribution in [0.25, 0.3) is 0 Å². The summed E-state index contributed by atoms with van der Waals surface area (Å²) in [5, 5.41) is 0. The van der Waals surface area contributed by atoms with Crippen molar-refractivity contribution < 1.29 is 21.6 Å². The van der Waals surface area contributed by atoms with Crippen LogP contribution in [0.2, 0.25) is 0 Å². The van der Waals surface area contributed by atoms with Gasteiger partial charge in [0.2, 0.25) is 10.0 Å². The molecule has 0 aromatic carbocycles. The highest BCUT2D eigenvalue weighted by Crippen LogP contribution is 2.40. The lowest BCUT2D eigenvalue weighted by molar-refractivity contribution is 0.0167. The molecular formula is C12H16F3N3O2S. The van der Waals surface area contributed by atoms with Gasteiger partial charge in [0.05, 0.1) is 0 Å². The van der Waals surface area contributed by atoms with Crippen molar-refractivity contribution in [2.75, 3.05) is 13.1 Å². The van der Waals surface area contributed by atoms with E-state index in [9.17, 15) is 21.6 Å². The molecule has 1 aliphatic carbocycles. The van der Waals surface area contributed by atoms with E-state index in [-0.39, 0.29) is 18.8 Å². The van der Waals surface area contributed by atoms with Gasteiger partial charge in [0.25, 0.3) is 6.43 Å². The van der Waals surface area contributed by atoms with Gasteiger partial charge in [-0.05, 0) is 31.4 Å². The predicted molar refractivity (Wildman–Crippen MR) is 70.0 cm³/mol. The summed E-state index contributed by atoms with van der Waals surface area (Å²) in [7, 11) is -4.07. The van der Waals surface area contributed by atoms with Crippen LogP contribution in [-0.2, 0) is 10.0 Å². The third kappa shape index (κ3) is 3.72. The number of aromatic nitrogens is 1. The first-order valence-electron chi connectivity index (χ1n) is 6.37. The SMILES string of the molecule is NCC1CC(F)(CNS(=O)(=O)c2cncc(C(F)F)c2)C1. The third-order valence-electron chi connectivity index (χ3n) is 3.52. The summed E-state index contributed by atoms with van der Waals surface area (Å²) in [6.07, 6.45) is -0.597. The summed E-state index contributed by atoms with van der Waals surface area (Å²) in [5.74, 6) is 0.0586. The van der Waals surface area contributed by atoms with E-state index in [1.165, 1.54) is 0 Å². The molecule has 1 saturated carbocycles. The second-order valence-corrected chi connectivity index (χ2v) is 7.01. The molecule has 0 bridgehead atoms. The number of rotatable bonds is 6. The maximum absolute atomic E-state index is 14.1. The Hall–Kier alpha value is -1.19. The minimum absolute atomic E-state index is 0.0586. The molecular weight excluding hydrogens is 307 g/mol. The first-order valence-corrected chi connectivity index (χ1v) is 7.86. The number of hydrogen-bond acceptors (Lipinski definition) is 4. The van der Waals surface area contributed by atoms with Gasteiger partial charge in [0, 0.05) is 24.5 Å². The average molecular weight is 323 g/mol. The van der Waals surface area contributed by atoms with Gasteiger partial charge in [-0.15, -0.1) is 0 Å². The van der Waals surface area contributed by atoms with E-state index < -0.39 is 39.1 Å². The fraction of sp³-hybridized carbons (Fsp3) is 0.583. The molecule has 1 aromatic heterocycles. The van der Waals surface area contributed by atoms with E-state index in [0.717, 1.165) is 18.5 Å². The van der Waals surface area contributed by atoms with E-state index in [1.807, 2.05) is 0 Å². The quantitative estimate of drug-likeness (QED) is 0.828. The number of nitrogens with one attached hydrogen (secondary N) is 1. The van der Waals surface area contributed by atoms with Crippen LogP contribution < -0.4 is 10.5 Å². The third-order valence-corrected chi connectivity index (χ3v) is 4.89. The van der Waals surface area contributed by atoms with Gasteiger partial charge >= 0.3 is 0 Å². The maximum Gasteiger partial charge on any atom is 0.265 e.